The molecule has 1 aromatic heterocycles. The summed E-state index contributed by atoms with van der Waals surface area (Å²) in [6.45, 7) is 16.0. The van der Waals surface area contributed by atoms with Crippen LogP contribution >= 0.6 is 0 Å². The molecule has 1 aliphatic carbocycles. The first kappa shape index (κ1) is 22.7. The van der Waals surface area contributed by atoms with Gasteiger partial charge in [0, 0.05) is 47.5 Å². The Balaban J connectivity index is 1.54. The van der Waals surface area contributed by atoms with Gasteiger partial charge in [0.25, 0.3) is 0 Å². The lowest BCUT2D eigenvalue weighted by atomic mass is 9.60. The highest BCUT2D eigenvalue weighted by Crippen LogP contribution is 2.50. The lowest BCUT2D eigenvalue weighted by Gasteiger charge is -2.44. The maximum absolute atomic E-state index is 4.42. The summed E-state index contributed by atoms with van der Waals surface area (Å²) in [5.74, 6) is 0.974. The Morgan fingerprint density at radius 2 is 1.17 bits per heavy atom. The number of hydrogen-bond donors (Lipinski definition) is 0. The van der Waals surface area contributed by atoms with Gasteiger partial charge in [-0.1, -0.05) is 70.2 Å². The smallest absolute Gasteiger partial charge is 0.188 e. The third kappa shape index (κ3) is 3.03. The number of nitrogens with zero attached hydrogens (tertiary/aromatic N) is 2. The van der Waals surface area contributed by atoms with Gasteiger partial charge in [-0.05, 0) is 64.6 Å². The zero-order valence-electron chi connectivity index (χ0n) is 22.2. The van der Waals surface area contributed by atoms with Crippen molar-refractivity contribution in [2.45, 2.75) is 45.4 Å². The van der Waals surface area contributed by atoms with Gasteiger partial charge in [-0.25, -0.2) is 4.57 Å². The number of benzene rings is 4. The number of hydrogen-bond acceptors (Lipinski definition) is 0. The average molecular weight is 471 g/mol. The summed E-state index contributed by atoms with van der Waals surface area (Å²) in [5, 5.41) is 0. The normalized spacial score (nSPS) is 15.5. The number of aromatic nitrogens is 2. The molecule has 5 aromatic rings. The minimum Gasteiger partial charge on any atom is -0.294 e. The highest BCUT2D eigenvalue weighted by atomic mass is 15.2. The van der Waals surface area contributed by atoms with Crippen LogP contribution in [-0.4, -0.2) is 9.13 Å². The molecule has 1 aliphatic rings. The van der Waals surface area contributed by atoms with E-state index in [0.29, 0.717) is 0 Å². The molecule has 0 saturated heterocycles. The standard InChI is InChI=1S/C34H34N2/c1-22-16-17-25(21-32(22)36-23(2)35(7)30-14-10-11-15-31(30)36)24-18-19-28-29(20-24)34(5,6)27-13-9-8-12-26(27)33(28,3)4/h8-21H,2H2,1,3-7H3. The van der Waals surface area contributed by atoms with E-state index >= 15 is 0 Å². The second-order valence-corrected chi connectivity index (χ2v) is 11.4. The fourth-order valence-electron chi connectivity index (χ4n) is 6.31. The molecular formula is C34H34N2. The highest BCUT2D eigenvalue weighted by Gasteiger charge is 2.41. The largest absolute Gasteiger partial charge is 0.294 e. The first-order valence-electron chi connectivity index (χ1n) is 12.8. The van der Waals surface area contributed by atoms with E-state index in [1.807, 2.05) is 0 Å². The van der Waals surface area contributed by atoms with Crippen LogP contribution < -0.4 is 0 Å². The Hall–Kier alpha value is -3.78. The van der Waals surface area contributed by atoms with E-state index in [4.69, 9.17) is 0 Å². The molecule has 6 rings (SSSR count). The summed E-state index contributed by atoms with van der Waals surface area (Å²) in [7, 11) is 2.09. The minimum atomic E-state index is -0.0596. The van der Waals surface area contributed by atoms with Crippen molar-refractivity contribution in [1.82, 2.24) is 9.13 Å². The second kappa shape index (κ2) is 7.61. The zero-order chi connectivity index (χ0) is 25.4. The van der Waals surface area contributed by atoms with Crippen molar-refractivity contribution in [3.63, 3.8) is 0 Å². The van der Waals surface area contributed by atoms with Crippen molar-refractivity contribution < 1.29 is 0 Å². The molecule has 2 heteroatoms. The third-order valence-electron chi connectivity index (χ3n) is 8.55. The van der Waals surface area contributed by atoms with Crippen molar-refractivity contribution in [2.75, 3.05) is 0 Å². The van der Waals surface area contributed by atoms with Gasteiger partial charge in [0.2, 0.25) is 0 Å². The van der Waals surface area contributed by atoms with Gasteiger partial charge in [0.1, 0.15) is 5.69 Å². The Labute approximate surface area is 214 Å². The van der Waals surface area contributed by atoms with Crippen molar-refractivity contribution in [3.05, 3.63) is 125 Å². The van der Waals surface area contributed by atoms with Crippen LogP contribution in [0.1, 0.15) is 61.3 Å². The maximum atomic E-state index is 4.42. The van der Waals surface area contributed by atoms with Crippen molar-refractivity contribution >= 4 is 11.0 Å². The van der Waals surface area contributed by atoms with E-state index in [-0.39, 0.29) is 10.8 Å². The number of rotatable bonds is 2. The summed E-state index contributed by atoms with van der Waals surface area (Å²) < 4.78 is 4.46. The number of aryl methyl sites for hydroxylation is 2. The Kier molecular flexibility index (Phi) is 4.79. The van der Waals surface area contributed by atoms with E-state index in [2.05, 4.69) is 143 Å². The van der Waals surface area contributed by atoms with Crippen LogP contribution in [-0.2, 0) is 17.9 Å². The first-order chi connectivity index (χ1) is 17.1. The van der Waals surface area contributed by atoms with Gasteiger partial charge in [-0.2, -0.15) is 0 Å². The molecule has 0 unspecified atom stereocenters. The first-order valence-corrected chi connectivity index (χ1v) is 12.8. The number of fused-ring (bicyclic) bond motifs is 3. The SMILES string of the molecule is [CH2-][c+]1n(C)c2ccccc2n1-c1cc(-c2ccc3c(c2)C(C)(C)c2ccccc2C3(C)C)ccc1C. The fourth-order valence-corrected chi connectivity index (χ4v) is 6.31. The second-order valence-electron chi connectivity index (χ2n) is 11.4. The van der Waals surface area contributed by atoms with Crippen LogP contribution in [0, 0.1) is 13.8 Å². The number of imidazole rings is 1. The maximum Gasteiger partial charge on any atom is 0.188 e. The van der Waals surface area contributed by atoms with Crippen LogP contribution in [0.15, 0.2) is 84.9 Å². The molecule has 0 N–H and O–H groups in total. The number of para-hydroxylation sites is 2. The van der Waals surface area contributed by atoms with E-state index < -0.39 is 0 Å². The molecule has 36 heavy (non-hydrogen) atoms. The van der Waals surface area contributed by atoms with Crippen molar-refractivity contribution in [1.29, 1.82) is 0 Å². The molecule has 0 amide bonds. The summed E-state index contributed by atoms with van der Waals surface area (Å²) in [6.07, 6.45) is 0. The van der Waals surface area contributed by atoms with Crippen molar-refractivity contribution in [2.24, 2.45) is 7.05 Å². The van der Waals surface area contributed by atoms with Crippen LogP contribution in [0.25, 0.3) is 27.8 Å². The predicted molar refractivity (Wildman–Crippen MR) is 152 cm³/mol. The van der Waals surface area contributed by atoms with Crippen molar-refractivity contribution in [3.8, 4) is 16.8 Å². The van der Waals surface area contributed by atoms with E-state index in [9.17, 15) is 0 Å². The molecule has 1 heterocycles. The fraction of sp³-hybridized carbons (Fsp3) is 0.235. The molecule has 0 bridgehead atoms. The van der Waals surface area contributed by atoms with E-state index in [0.717, 1.165) is 5.82 Å². The van der Waals surface area contributed by atoms with Gasteiger partial charge in [-0.3, -0.25) is 11.5 Å². The Bertz CT molecular complexity index is 1660. The summed E-state index contributed by atoms with van der Waals surface area (Å²) >= 11 is 0. The Morgan fingerprint density at radius 3 is 1.86 bits per heavy atom. The molecule has 0 atom stereocenters. The summed E-state index contributed by atoms with van der Waals surface area (Å²) in [4.78, 5) is 0. The molecule has 0 radical (unpaired) electrons. The van der Waals surface area contributed by atoms with Gasteiger partial charge in [0.15, 0.2) is 11.0 Å². The van der Waals surface area contributed by atoms with Crippen LogP contribution in [0.3, 0.4) is 0 Å². The molecular weight excluding hydrogens is 436 g/mol. The van der Waals surface area contributed by atoms with Crippen LogP contribution in [0.2, 0.25) is 0 Å². The molecule has 4 aromatic carbocycles. The lowest BCUT2D eigenvalue weighted by Crippen LogP contribution is -2.36. The zero-order valence-corrected chi connectivity index (χ0v) is 22.2. The third-order valence-corrected chi connectivity index (χ3v) is 8.55. The van der Waals surface area contributed by atoms with Crippen LogP contribution in [0.4, 0.5) is 0 Å². The summed E-state index contributed by atoms with van der Waals surface area (Å²) in [5.41, 5.74) is 12.9. The lowest BCUT2D eigenvalue weighted by molar-refractivity contribution is 0.521. The average Bonchev–Trinajstić information content (AvgIpc) is 3.13. The molecule has 0 spiro atoms. The van der Waals surface area contributed by atoms with E-state index in [1.54, 1.807) is 0 Å². The topological polar surface area (TPSA) is 9.86 Å². The predicted octanol–water partition coefficient (Wildman–Crippen LogP) is 8.37. The molecule has 0 fully saturated rings. The van der Waals surface area contributed by atoms with Gasteiger partial charge < -0.3 is 0 Å². The highest BCUT2D eigenvalue weighted by molar-refractivity contribution is 5.81. The molecule has 2 nitrogen and oxygen atoms in total. The quantitative estimate of drug-likeness (QED) is 0.229. The van der Waals surface area contributed by atoms with Gasteiger partial charge >= 0.3 is 0 Å². The van der Waals surface area contributed by atoms with Crippen LogP contribution in [0.5, 0.6) is 0 Å². The summed E-state index contributed by atoms with van der Waals surface area (Å²) in [6, 6.07) is 31.4. The molecule has 0 aliphatic heterocycles. The molecule has 180 valence electrons. The molecule has 0 saturated carbocycles. The van der Waals surface area contributed by atoms with Gasteiger partial charge in [0.05, 0.1) is 0 Å². The Morgan fingerprint density at radius 1 is 0.639 bits per heavy atom. The van der Waals surface area contributed by atoms with Gasteiger partial charge in [-0.15, -0.1) is 0 Å². The minimum absolute atomic E-state index is 0.0278. The van der Waals surface area contributed by atoms with E-state index in [1.165, 1.54) is 55.7 Å². The monoisotopic (exact) mass is 470 g/mol.